The van der Waals surface area contributed by atoms with Crippen molar-refractivity contribution < 1.29 is 4.74 Å². The lowest BCUT2D eigenvalue weighted by atomic mass is 9.80. The van der Waals surface area contributed by atoms with Gasteiger partial charge >= 0.3 is 0 Å². The number of hydrogen-bond donors (Lipinski definition) is 0. The van der Waals surface area contributed by atoms with Crippen LogP contribution in [-0.4, -0.2) is 12.7 Å². The highest BCUT2D eigenvalue weighted by Crippen LogP contribution is 2.59. The van der Waals surface area contributed by atoms with Gasteiger partial charge in [0.2, 0.25) is 0 Å². The first-order chi connectivity index (χ1) is 9.93. The molecule has 0 amide bonds. The Morgan fingerprint density at radius 3 is 1.95 bits per heavy atom. The molecule has 5 radical (unpaired) electrons. The van der Waals surface area contributed by atoms with Crippen molar-refractivity contribution >= 4 is 0 Å². The van der Waals surface area contributed by atoms with E-state index >= 15 is 0 Å². The molecule has 0 spiro atoms. The molecule has 1 aliphatic heterocycles. The summed E-state index contributed by atoms with van der Waals surface area (Å²) >= 11 is 0. The molecule has 1 atom stereocenters. The predicted octanol–water partition coefficient (Wildman–Crippen LogP) is 4.08. The highest BCUT2D eigenvalue weighted by atomic mass is 16.5. The number of fused-ring (bicyclic) bond motifs is 3. The number of ether oxygens (including phenoxy) is 1. The van der Waals surface area contributed by atoms with Gasteiger partial charge in [-0.05, 0) is 25.7 Å². The summed E-state index contributed by atoms with van der Waals surface area (Å²) < 4.78 is 5.95. The summed E-state index contributed by atoms with van der Waals surface area (Å²) in [6.07, 6.45) is 22.7. The van der Waals surface area contributed by atoms with Crippen molar-refractivity contribution in [3.63, 3.8) is 0 Å². The van der Waals surface area contributed by atoms with E-state index in [0.717, 1.165) is 13.0 Å². The summed E-state index contributed by atoms with van der Waals surface area (Å²) in [6.45, 7) is 0.932. The summed E-state index contributed by atoms with van der Waals surface area (Å²) in [5, 5.41) is 0. The quantitative estimate of drug-likeness (QED) is 0.729. The fraction of sp³-hybridized carbons (Fsp3) is 0.316. The summed E-state index contributed by atoms with van der Waals surface area (Å²) in [7, 11) is 0. The maximum atomic E-state index is 5.95. The first-order valence-electron chi connectivity index (χ1n) is 7.60. The van der Waals surface area contributed by atoms with Crippen LogP contribution in [0.25, 0.3) is 0 Å². The molecule has 0 aromatic carbocycles. The van der Waals surface area contributed by atoms with Crippen LogP contribution < -0.4 is 0 Å². The molecule has 0 aromatic heterocycles. The summed E-state index contributed by atoms with van der Waals surface area (Å²) in [5.41, 5.74) is 0. The van der Waals surface area contributed by atoms with Crippen molar-refractivity contribution in [2.75, 3.05) is 6.61 Å². The lowest BCUT2D eigenvalue weighted by molar-refractivity contribution is 0.0142. The summed E-state index contributed by atoms with van der Waals surface area (Å²) in [5.74, 6) is 7.05. The predicted molar refractivity (Wildman–Crippen MR) is 81.0 cm³/mol. The molecule has 3 aliphatic carbocycles. The molecule has 20 heavy (non-hydrogen) atoms. The van der Waals surface area contributed by atoms with Crippen molar-refractivity contribution in [2.24, 2.45) is 0 Å². The average molecular weight is 263 g/mol. The van der Waals surface area contributed by atoms with Gasteiger partial charge in [0.1, 0.15) is 0 Å². The molecule has 4 aliphatic rings. The van der Waals surface area contributed by atoms with Crippen molar-refractivity contribution in [3.8, 4) is 0 Å². The molecule has 1 saturated carbocycles. The lowest BCUT2D eigenvalue weighted by Crippen LogP contribution is -2.24. The van der Waals surface area contributed by atoms with E-state index < -0.39 is 0 Å². The van der Waals surface area contributed by atoms with E-state index in [9.17, 15) is 0 Å². The van der Waals surface area contributed by atoms with Gasteiger partial charge in [-0.1, -0.05) is 48.6 Å². The summed E-state index contributed by atoms with van der Waals surface area (Å²) in [6, 6.07) is 0. The third-order valence-corrected chi connectivity index (χ3v) is 4.50. The van der Waals surface area contributed by atoms with Crippen LogP contribution in [-0.2, 0) is 4.74 Å². The number of rotatable bonds is 2. The maximum Gasteiger partial charge on any atom is 0.0581 e. The highest BCUT2D eigenvalue weighted by Gasteiger charge is 2.49. The Morgan fingerprint density at radius 2 is 1.40 bits per heavy atom. The van der Waals surface area contributed by atoms with E-state index in [0.29, 0.717) is 6.10 Å². The van der Waals surface area contributed by atoms with E-state index in [-0.39, 0.29) is 0 Å². The first kappa shape index (κ1) is 12.6. The standard InChI is InChI=1S/C19H19O/c1-3-10-17-15(8-1)16-9-2-4-11-18(16)19(17)13-14-7-5-6-12-20-14/h1-4,8-11,14H,5-7,12-13H2. The van der Waals surface area contributed by atoms with Crippen LogP contribution >= 0.6 is 0 Å². The van der Waals surface area contributed by atoms with E-state index in [1.807, 2.05) is 0 Å². The van der Waals surface area contributed by atoms with Crippen molar-refractivity contribution in [2.45, 2.75) is 31.8 Å². The van der Waals surface area contributed by atoms with Crippen LogP contribution in [0.5, 0.6) is 0 Å². The molecular weight excluding hydrogens is 244 g/mol. The zero-order valence-corrected chi connectivity index (χ0v) is 11.6. The highest BCUT2D eigenvalue weighted by molar-refractivity contribution is 5.76. The molecule has 101 valence electrons. The fourth-order valence-corrected chi connectivity index (χ4v) is 3.52. The second kappa shape index (κ2) is 5.37. The molecule has 1 nitrogen and oxygen atoms in total. The topological polar surface area (TPSA) is 9.23 Å². The van der Waals surface area contributed by atoms with E-state index in [1.165, 1.54) is 48.9 Å². The van der Waals surface area contributed by atoms with E-state index in [2.05, 4.69) is 48.6 Å². The van der Waals surface area contributed by atoms with Crippen LogP contribution in [0.3, 0.4) is 0 Å². The zero-order valence-electron chi connectivity index (χ0n) is 11.6. The van der Waals surface area contributed by atoms with Crippen LogP contribution in [0.2, 0.25) is 0 Å². The van der Waals surface area contributed by atoms with Gasteiger partial charge in [-0.2, -0.15) is 0 Å². The lowest BCUT2D eigenvalue weighted by Gasteiger charge is -2.29. The molecule has 2 fully saturated rings. The molecule has 1 heteroatoms. The molecule has 0 aromatic rings. The van der Waals surface area contributed by atoms with Gasteiger partial charge in [0, 0.05) is 36.2 Å². The Labute approximate surface area is 122 Å². The van der Waals surface area contributed by atoms with Gasteiger partial charge in [-0.3, -0.25) is 0 Å². The molecule has 0 bridgehead atoms. The van der Waals surface area contributed by atoms with Crippen molar-refractivity contribution in [1.29, 1.82) is 0 Å². The van der Waals surface area contributed by atoms with Gasteiger partial charge in [0.25, 0.3) is 0 Å². The third kappa shape index (κ3) is 2.13. The van der Waals surface area contributed by atoms with Gasteiger partial charge < -0.3 is 4.74 Å². The number of allylic oxidation sites excluding steroid dienone is 8. The van der Waals surface area contributed by atoms with Gasteiger partial charge in [-0.25, -0.2) is 0 Å². The minimum atomic E-state index is 0.401. The first-order valence-corrected chi connectivity index (χ1v) is 7.60. The van der Waals surface area contributed by atoms with Gasteiger partial charge in [0.15, 0.2) is 0 Å². The molecule has 4 rings (SSSR count). The van der Waals surface area contributed by atoms with E-state index in [4.69, 9.17) is 4.74 Å². The minimum Gasteiger partial charge on any atom is -0.378 e. The normalized spacial score (nSPS) is 31.9. The zero-order chi connectivity index (χ0) is 13.4. The maximum absolute atomic E-state index is 5.95. The average Bonchev–Trinajstić information content (AvgIpc) is 2.84. The van der Waals surface area contributed by atoms with E-state index in [1.54, 1.807) is 0 Å². The number of hydrogen-bond acceptors (Lipinski definition) is 1. The molecule has 1 unspecified atom stereocenters. The molecule has 0 N–H and O–H groups in total. The van der Waals surface area contributed by atoms with Crippen LogP contribution in [0.1, 0.15) is 25.7 Å². The van der Waals surface area contributed by atoms with Gasteiger partial charge in [0.05, 0.1) is 6.10 Å². The SMILES string of the molecule is C1=C[C]2[C]3C=CC=C[C]3[C](CC3CCCCO3)[C]2C=C1. The molecule has 1 saturated heterocycles. The van der Waals surface area contributed by atoms with Crippen LogP contribution in [0.15, 0.2) is 48.6 Å². The Morgan fingerprint density at radius 1 is 0.800 bits per heavy atom. The Bertz CT molecular complexity index is 430. The second-order valence-corrected chi connectivity index (χ2v) is 5.76. The van der Waals surface area contributed by atoms with Crippen molar-refractivity contribution in [3.05, 3.63) is 78.2 Å². The third-order valence-electron chi connectivity index (χ3n) is 4.50. The Balaban J connectivity index is 1.57. The monoisotopic (exact) mass is 263 g/mol. The molecule has 1 heterocycles. The Hall–Kier alpha value is -1.08. The fourth-order valence-electron chi connectivity index (χ4n) is 3.52. The Kier molecular flexibility index (Phi) is 3.39. The van der Waals surface area contributed by atoms with Gasteiger partial charge in [-0.15, -0.1) is 0 Å². The van der Waals surface area contributed by atoms with Crippen molar-refractivity contribution in [1.82, 2.24) is 0 Å². The second-order valence-electron chi connectivity index (χ2n) is 5.76. The summed E-state index contributed by atoms with van der Waals surface area (Å²) in [4.78, 5) is 0. The smallest absolute Gasteiger partial charge is 0.0581 e. The van der Waals surface area contributed by atoms with Crippen LogP contribution in [0, 0.1) is 29.6 Å². The molecular formula is C19H19O. The largest absolute Gasteiger partial charge is 0.378 e. The van der Waals surface area contributed by atoms with Crippen LogP contribution in [0.4, 0.5) is 0 Å². The minimum absolute atomic E-state index is 0.401.